The first-order chi connectivity index (χ1) is 13.8. The Bertz CT molecular complexity index is 1070. The molecule has 29 heavy (non-hydrogen) atoms. The van der Waals surface area contributed by atoms with Crippen molar-refractivity contribution in [2.24, 2.45) is 5.73 Å². The highest BCUT2D eigenvalue weighted by Crippen LogP contribution is 2.38. The number of fused-ring (bicyclic) bond motifs is 2. The first-order valence-electron chi connectivity index (χ1n) is 9.72. The lowest BCUT2D eigenvalue weighted by atomic mass is 9.96. The molecular formula is C23H25FN3O2+. The Morgan fingerprint density at radius 3 is 2.90 bits per heavy atom. The average molecular weight is 394 g/mol. The zero-order valence-electron chi connectivity index (χ0n) is 16.7. The number of nitrogens with two attached hydrogens (primary N) is 1. The third kappa shape index (κ3) is 3.09. The normalized spacial score (nSPS) is 17.1. The van der Waals surface area contributed by atoms with Crippen LogP contribution in [0.5, 0.6) is 0 Å². The van der Waals surface area contributed by atoms with Crippen molar-refractivity contribution in [3.8, 4) is 5.69 Å². The van der Waals surface area contributed by atoms with Gasteiger partial charge in [-0.25, -0.2) is 0 Å². The summed E-state index contributed by atoms with van der Waals surface area (Å²) >= 11 is 0. The van der Waals surface area contributed by atoms with E-state index in [1.54, 1.807) is 0 Å². The maximum absolute atomic E-state index is 15.4. The number of aliphatic hydroxyl groups is 1. The van der Waals surface area contributed by atoms with E-state index in [9.17, 15) is 9.90 Å². The SMILES string of the molecule is C=CC(O)N1CCc2c(ccc[n+]2-c2c(F)cc(C(N)=O)c3c2C(C)=C(C)C3)C1. The van der Waals surface area contributed by atoms with Gasteiger partial charge in [0.1, 0.15) is 6.23 Å². The fourth-order valence-electron chi connectivity index (χ4n) is 4.48. The summed E-state index contributed by atoms with van der Waals surface area (Å²) in [5, 5.41) is 10.1. The van der Waals surface area contributed by atoms with Crippen LogP contribution < -0.4 is 10.3 Å². The average Bonchev–Trinajstić information content (AvgIpc) is 3.00. The fourth-order valence-corrected chi connectivity index (χ4v) is 4.48. The van der Waals surface area contributed by atoms with Gasteiger partial charge in [0.25, 0.3) is 5.69 Å². The predicted molar refractivity (Wildman–Crippen MR) is 109 cm³/mol. The van der Waals surface area contributed by atoms with E-state index in [4.69, 9.17) is 5.73 Å². The Hall–Kier alpha value is -2.83. The number of carbonyl (C=O) groups excluding carboxylic acids is 1. The number of hydrogen-bond acceptors (Lipinski definition) is 3. The minimum absolute atomic E-state index is 0.253. The van der Waals surface area contributed by atoms with Crippen LogP contribution in [-0.4, -0.2) is 28.7 Å². The summed E-state index contributed by atoms with van der Waals surface area (Å²) in [6, 6.07) is 5.15. The lowest BCUT2D eigenvalue weighted by Gasteiger charge is -2.29. The van der Waals surface area contributed by atoms with Crippen molar-refractivity contribution >= 4 is 11.5 Å². The molecule has 1 aliphatic heterocycles. The van der Waals surface area contributed by atoms with Gasteiger partial charge in [-0.1, -0.05) is 12.2 Å². The lowest BCUT2D eigenvalue weighted by Crippen LogP contribution is -2.46. The van der Waals surface area contributed by atoms with Crippen LogP contribution in [0.3, 0.4) is 0 Å². The number of amides is 1. The zero-order chi connectivity index (χ0) is 20.9. The number of hydrogen-bond donors (Lipinski definition) is 2. The Morgan fingerprint density at radius 1 is 1.45 bits per heavy atom. The molecular weight excluding hydrogens is 369 g/mol. The highest BCUT2D eigenvalue weighted by atomic mass is 19.1. The number of aliphatic hydroxyl groups excluding tert-OH is 1. The highest BCUT2D eigenvalue weighted by Gasteiger charge is 2.35. The van der Waals surface area contributed by atoms with Crippen molar-refractivity contribution in [2.75, 3.05) is 6.54 Å². The number of pyridine rings is 1. The maximum Gasteiger partial charge on any atom is 0.254 e. The van der Waals surface area contributed by atoms with Crippen LogP contribution in [0.4, 0.5) is 4.39 Å². The molecule has 6 heteroatoms. The van der Waals surface area contributed by atoms with Crippen LogP contribution in [0.1, 0.15) is 46.6 Å². The second-order valence-electron chi connectivity index (χ2n) is 7.77. The van der Waals surface area contributed by atoms with Crippen LogP contribution in [0.15, 0.2) is 42.6 Å². The summed E-state index contributed by atoms with van der Waals surface area (Å²) in [4.78, 5) is 13.9. The number of halogens is 1. The number of nitrogens with zero attached hydrogens (tertiary/aromatic N) is 2. The molecule has 1 aromatic heterocycles. The smallest absolute Gasteiger partial charge is 0.254 e. The van der Waals surface area contributed by atoms with Gasteiger partial charge >= 0.3 is 0 Å². The summed E-state index contributed by atoms with van der Waals surface area (Å²) in [6.45, 7) is 8.82. The van der Waals surface area contributed by atoms with Crippen LogP contribution in [-0.2, 0) is 19.4 Å². The molecule has 1 atom stereocenters. The number of benzene rings is 1. The van der Waals surface area contributed by atoms with Gasteiger partial charge in [-0.15, -0.1) is 0 Å². The summed E-state index contributed by atoms with van der Waals surface area (Å²) in [7, 11) is 0. The first kappa shape index (κ1) is 19.5. The molecule has 1 aliphatic carbocycles. The van der Waals surface area contributed by atoms with E-state index < -0.39 is 18.0 Å². The lowest BCUT2D eigenvalue weighted by molar-refractivity contribution is -0.607. The Balaban J connectivity index is 1.91. The third-order valence-corrected chi connectivity index (χ3v) is 6.11. The molecule has 1 aromatic carbocycles. The van der Waals surface area contributed by atoms with Gasteiger partial charge < -0.3 is 10.8 Å². The maximum atomic E-state index is 15.4. The van der Waals surface area contributed by atoms with E-state index in [-0.39, 0.29) is 5.56 Å². The van der Waals surface area contributed by atoms with Crippen molar-refractivity contribution in [2.45, 2.75) is 39.5 Å². The van der Waals surface area contributed by atoms with Gasteiger partial charge in [0.15, 0.2) is 17.7 Å². The second-order valence-corrected chi connectivity index (χ2v) is 7.77. The van der Waals surface area contributed by atoms with Gasteiger partial charge in [-0.3, -0.25) is 9.69 Å². The van der Waals surface area contributed by atoms with Crippen LogP contribution in [0.25, 0.3) is 11.3 Å². The molecule has 3 N–H and O–H groups in total. The molecule has 0 bridgehead atoms. The number of rotatable bonds is 4. The Kier molecular flexibility index (Phi) is 4.84. The van der Waals surface area contributed by atoms with Gasteiger partial charge in [-0.2, -0.15) is 8.96 Å². The summed E-state index contributed by atoms with van der Waals surface area (Å²) in [5.41, 5.74) is 12.0. The highest BCUT2D eigenvalue weighted by molar-refractivity contribution is 5.98. The molecule has 1 unspecified atom stereocenters. The van der Waals surface area contributed by atoms with E-state index in [1.807, 2.05) is 41.6 Å². The van der Waals surface area contributed by atoms with Crippen molar-refractivity contribution in [3.63, 3.8) is 0 Å². The van der Waals surface area contributed by atoms with Crippen LogP contribution in [0, 0.1) is 5.82 Å². The molecule has 1 amide bonds. The quantitative estimate of drug-likeness (QED) is 0.618. The number of allylic oxidation sites excluding steroid dienone is 2. The molecule has 0 saturated heterocycles. The fraction of sp³-hybridized carbons (Fsp3) is 0.304. The standard InChI is InChI=1S/C23H24FN3O2/c1-4-20(28)26-9-7-19-15(12-26)6-5-8-27(19)22-18(24)11-17(23(25)29)16-10-13(2)14(3)21(16)22/h4-6,8,11,20,28H,1,7,9-10,12H2,2-3H3,(H-,25,29)/p+1. The van der Waals surface area contributed by atoms with Gasteiger partial charge in [0.05, 0.1) is 5.56 Å². The van der Waals surface area contributed by atoms with Crippen molar-refractivity contribution < 1.29 is 18.9 Å². The molecule has 5 nitrogen and oxygen atoms in total. The Morgan fingerprint density at radius 2 is 2.21 bits per heavy atom. The van der Waals surface area contributed by atoms with Gasteiger partial charge in [0, 0.05) is 36.7 Å². The van der Waals surface area contributed by atoms with E-state index in [0.717, 1.165) is 33.5 Å². The monoisotopic (exact) mass is 394 g/mol. The Labute approximate surface area is 169 Å². The van der Waals surface area contributed by atoms with Gasteiger partial charge in [0.2, 0.25) is 5.91 Å². The molecule has 0 spiro atoms. The predicted octanol–water partition coefficient (Wildman–Crippen LogP) is 2.41. The summed E-state index contributed by atoms with van der Waals surface area (Å²) < 4.78 is 17.3. The molecule has 4 rings (SSSR count). The molecule has 0 saturated carbocycles. The summed E-state index contributed by atoms with van der Waals surface area (Å²) in [6.07, 6.45) is 3.92. The molecule has 0 fully saturated rings. The minimum atomic E-state index is -0.708. The zero-order valence-corrected chi connectivity index (χ0v) is 16.7. The van der Waals surface area contributed by atoms with Gasteiger partial charge in [-0.05, 0) is 49.6 Å². The molecule has 0 radical (unpaired) electrons. The van der Waals surface area contributed by atoms with E-state index in [0.29, 0.717) is 31.6 Å². The molecule has 2 aliphatic rings. The number of aromatic nitrogens is 1. The van der Waals surface area contributed by atoms with E-state index >= 15 is 4.39 Å². The van der Waals surface area contributed by atoms with Crippen LogP contribution >= 0.6 is 0 Å². The topological polar surface area (TPSA) is 70.4 Å². The summed E-state index contributed by atoms with van der Waals surface area (Å²) in [5.74, 6) is -1.07. The van der Waals surface area contributed by atoms with E-state index in [1.165, 1.54) is 12.1 Å². The van der Waals surface area contributed by atoms with Crippen molar-refractivity contribution in [3.05, 3.63) is 76.4 Å². The van der Waals surface area contributed by atoms with Crippen molar-refractivity contribution in [1.29, 1.82) is 0 Å². The van der Waals surface area contributed by atoms with Crippen molar-refractivity contribution in [1.82, 2.24) is 4.90 Å². The minimum Gasteiger partial charge on any atom is -0.375 e. The molecule has 150 valence electrons. The first-order valence-corrected chi connectivity index (χ1v) is 9.72. The van der Waals surface area contributed by atoms with Crippen LogP contribution in [0.2, 0.25) is 0 Å². The largest absolute Gasteiger partial charge is 0.375 e. The number of carbonyl (C=O) groups is 1. The third-order valence-electron chi connectivity index (χ3n) is 6.11. The number of primary amides is 1. The second kappa shape index (κ2) is 7.21. The molecule has 2 aromatic rings. The van der Waals surface area contributed by atoms with E-state index in [2.05, 4.69) is 6.58 Å². The molecule has 2 heterocycles.